The van der Waals surface area contributed by atoms with Crippen molar-refractivity contribution in [2.24, 2.45) is 0 Å². The fourth-order valence-corrected chi connectivity index (χ4v) is 2.03. The minimum Gasteiger partial charge on any atom is -0.354 e. The summed E-state index contributed by atoms with van der Waals surface area (Å²) in [7, 11) is 0. The van der Waals surface area contributed by atoms with Crippen LogP contribution in [-0.2, 0) is 9.59 Å². The van der Waals surface area contributed by atoms with Crippen molar-refractivity contribution in [3.8, 4) is 0 Å². The van der Waals surface area contributed by atoms with Gasteiger partial charge in [-0.2, -0.15) is 0 Å². The van der Waals surface area contributed by atoms with Crippen molar-refractivity contribution in [3.63, 3.8) is 0 Å². The molecule has 1 aromatic rings. The van der Waals surface area contributed by atoms with Gasteiger partial charge in [0.05, 0.1) is 0 Å². The maximum Gasteiger partial charge on any atom is 0.220 e. The van der Waals surface area contributed by atoms with E-state index in [9.17, 15) is 14.4 Å². The highest BCUT2D eigenvalue weighted by Gasteiger charge is 2.09. The first kappa shape index (κ1) is 18.9. The first-order chi connectivity index (χ1) is 11.0. The van der Waals surface area contributed by atoms with Crippen LogP contribution in [0.2, 0.25) is 0 Å². The van der Waals surface area contributed by atoms with Gasteiger partial charge in [0.1, 0.15) is 0 Å². The molecule has 2 N–H and O–H groups in total. The number of Topliss-reactive ketones (excluding diaryl/α,β-unsaturated/α-hetero) is 1. The average Bonchev–Trinajstić information content (AvgIpc) is 2.55. The van der Waals surface area contributed by atoms with Crippen LogP contribution < -0.4 is 10.6 Å². The summed E-state index contributed by atoms with van der Waals surface area (Å²) in [6, 6.07) is 7.33. The molecule has 0 spiro atoms. The van der Waals surface area contributed by atoms with Crippen molar-refractivity contribution in [1.29, 1.82) is 0 Å². The van der Waals surface area contributed by atoms with Gasteiger partial charge in [-0.1, -0.05) is 43.2 Å². The van der Waals surface area contributed by atoms with Gasteiger partial charge in [-0.05, 0) is 13.3 Å². The zero-order valence-corrected chi connectivity index (χ0v) is 14.0. The number of nitrogens with one attached hydrogen (secondary N) is 2. The van der Waals surface area contributed by atoms with Crippen LogP contribution in [0.1, 0.15) is 54.9 Å². The number of carbonyl (C=O) groups is 3. The summed E-state index contributed by atoms with van der Waals surface area (Å²) in [5, 5.41) is 5.45. The van der Waals surface area contributed by atoms with E-state index in [1.807, 2.05) is 26.0 Å². The fourth-order valence-electron chi connectivity index (χ4n) is 2.03. The number of hydrogen-bond donors (Lipinski definition) is 2. The molecule has 5 nitrogen and oxygen atoms in total. The van der Waals surface area contributed by atoms with Gasteiger partial charge >= 0.3 is 0 Å². The largest absolute Gasteiger partial charge is 0.354 e. The molecule has 126 valence electrons. The van der Waals surface area contributed by atoms with E-state index >= 15 is 0 Å². The lowest BCUT2D eigenvalue weighted by Gasteiger charge is -2.07. The Morgan fingerprint density at radius 1 is 0.870 bits per heavy atom. The van der Waals surface area contributed by atoms with E-state index < -0.39 is 0 Å². The minimum absolute atomic E-state index is 0.00986. The molecule has 0 aliphatic rings. The molecule has 0 unspecified atom stereocenters. The van der Waals surface area contributed by atoms with Crippen LogP contribution in [0, 0.1) is 6.92 Å². The predicted octanol–water partition coefficient (Wildman–Crippen LogP) is 2.38. The molecule has 0 aliphatic heterocycles. The Labute approximate surface area is 137 Å². The summed E-state index contributed by atoms with van der Waals surface area (Å²) >= 11 is 0. The van der Waals surface area contributed by atoms with Crippen molar-refractivity contribution in [3.05, 3.63) is 35.4 Å². The average molecular weight is 318 g/mol. The van der Waals surface area contributed by atoms with Gasteiger partial charge in [0.25, 0.3) is 0 Å². The Hall–Kier alpha value is -2.17. The third-order valence-corrected chi connectivity index (χ3v) is 3.48. The Morgan fingerprint density at radius 3 is 2.00 bits per heavy atom. The number of rotatable bonds is 10. The van der Waals surface area contributed by atoms with Gasteiger partial charge in [-0.15, -0.1) is 0 Å². The van der Waals surface area contributed by atoms with Crippen molar-refractivity contribution >= 4 is 17.6 Å². The fraction of sp³-hybridized carbons (Fsp3) is 0.500. The van der Waals surface area contributed by atoms with Gasteiger partial charge in [-0.3, -0.25) is 14.4 Å². The molecule has 5 heteroatoms. The van der Waals surface area contributed by atoms with Gasteiger partial charge < -0.3 is 10.6 Å². The van der Waals surface area contributed by atoms with Crippen LogP contribution in [0.15, 0.2) is 24.3 Å². The Morgan fingerprint density at radius 2 is 1.43 bits per heavy atom. The summed E-state index contributed by atoms with van der Waals surface area (Å²) in [4.78, 5) is 35.0. The Balaban J connectivity index is 2.15. The topological polar surface area (TPSA) is 75.3 Å². The van der Waals surface area contributed by atoms with E-state index in [4.69, 9.17) is 0 Å². The van der Waals surface area contributed by atoms with Gasteiger partial charge in [0.2, 0.25) is 11.8 Å². The van der Waals surface area contributed by atoms with Crippen molar-refractivity contribution in [2.75, 3.05) is 13.1 Å². The molecule has 0 aliphatic carbocycles. The van der Waals surface area contributed by atoms with Crippen molar-refractivity contribution in [1.82, 2.24) is 10.6 Å². The van der Waals surface area contributed by atoms with E-state index in [-0.39, 0.29) is 30.4 Å². The highest BCUT2D eigenvalue weighted by Crippen LogP contribution is 2.07. The SMILES string of the molecule is CCCCC(=O)NCCNC(=O)CCC(=O)c1ccc(C)cc1. The number of unbranched alkanes of at least 4 members (excludes halogenated alkanes) is 1. The molecule has 0 atom stereocenters. The quantitative estimate of drug-likeness (QED) is 0.514. The normalized spacial score (nSPS) is 10.2. The van der Waals surface area contributed by atoms with Crippen LogP contribution in [-0.4, -0.2) is 30.7 Å². The third kappa shape index (κ3) is 8.14. The van der Waals surface area contributed by atoms with E-state index in [0.717, 1.165) is 18.4 Å². The molecule has 0 radical (unpaired) electrons. The summed E-state index contributed by atoms with van der Waals surface area (Å²) < 4.78 is 0. The second-order valence-electron chi connectivity index (χ2n) is 5.59. The van der Waals surface area contributed by atoms with Crippen LogP contribution in [0.5, 0.6) is 0 Å². The third-order valence-electron chi connectivity index (χ3n) is 3.48. The van der Waals surface area contributed by atoms with Crippen LogP contribution in [0.25, 0.3) is 0 Å². The maximum absolute atomic E-state index is 11.9. The summed E-state index contributed by atoms with van der Waals surface area (Å²) in [6.07, 6.45) is 2.74. The van der Waals surface area contributed by atoms with E-state index in [2.05, 4.69) is 10.6 Å². The number of amides is 2. The second-order valence-corrected chi connectivity index (χ2v) is 5.59. The molecule has 0 fully saturated rings. The number of hydrogen-bond acceptors (Lipinski definition) is 3. The predicted molar refractivity (Wildman–Crippen MR) is 90.3 cm³/mol. The lowest BCUT2D eigenvalue weighted by Crippen LogP contribution is -2.34. The van der Waals surface area contributed by atoms with Crippen LogP contribution in [0.3, 0.4) is 0 Å². The van der Waals surface area contributed by atoms with Gasteiger partial charge in [-0.25, -0.2) is 0 Å². The lowest BCUT2D eigenvalue weighted by molar-refractivity contribution is -0.122. The summed E-state index contributed by atoms with van der Waals surface area (Å²) in [5.74, 6) is -0.197. The molecular formula is C18H26N2O3. The molecule has 1 rings (SSSR count). The molecule has 0 saturated heterocycles. The minimum atomic E-state index is -0.173. The Kier molecular flexibility index (Phi) is 8.65. The van der Waals surface area contributed by atoms with Crippen LogP contribution in [0.4, 0.5) is 0 Å². The standard InChI is InChI=1S/C18H26N2O3/c1-3-4-5-17(22)19-12-13-20-18(23)11-10-16(21)15-8-6-14(2)7-9-15/h6-9H,3-5,10-13H2,1-2H3,(H,19,22)(H,20,23). The van der Waals surface area contributed by atoms with Crippen molar-refractivity contribution in [2.45, 2.75) is 46.0 Å². The Bertz CT molecular complexity index is 524. The zero-order chi connectivity index (χ0) is 17.1. The zero-order valence-electron chi connectivity index (χ0n) is 14.0. The number of benzene rings is 1. The summed E-state index contributed by atoms with van der Waals surface area (Å²) in [5.41, 5.74) is 1.73. The second kappa shape index (κ2) is 10.5. The molecule has 0 bridgehead atoms. The van der Waals surface area contributed by atoms with Gasteiger partial charge in [0, 0.05) is 37.9 Å². The number of carbonyl (C=O) groups excluding carboxylic acids is 3. The van der Waals surface area contributed by atoms with Crippen LogP contribution >= 0.6 is 0 Å². The highest BCUT2D eigenvalue weighted by molar-refractivity contribution is 5.97. The summed E-state index contributed by atoms with van der Waals surface area (Å²) in [6.45, 7) is 4.80. The molecule has 0 aromatic heterocycles. The first-order valence-electron chi connectivity index (χ1n) is 8.16. The molecule has 0 heterocycles. The van der Waals surface area contributed by atoms with Crippen molar-refractivity contribution < 1.29 is 14.4 Å². The maximum atomic E-state index is 11.9. The molecule has 2 amide bonds. The van der Waals surface area contributed by atoms with E-state index in [0.29, 0.717) is 25.1 Å². The lowest BCUT2D eigenvalue weighted by atomic mass is 10.1. The highest BCUT2D eigenvalue weighted by atomic mass is 16.2. The van der Waals surface area contributed by atoms with E-state index in [1.165, 1.54) is 0 Å². The van der Waals surface area contributed by atoms with E-state index in [1.54, 1.807) is 12.1 Å². The molecule has 23 heavy (non-hydrogen) atoms. The molecular weight excluding hydrogens is 292 g/mol. The van der Waals surface area contributed by atoms with Gasteiger partial charge in [0.15, 0.2) is 5.78 Å². The monoisotopic (exact) mass is 318 g/mol. The smallest absolute Gasteiger partial charge is 0.220 e. The molecule has 0 saturated carbocycles. The number of aryl methyl sites for hydroxylation is 1. The first-order valence-corrected chi connectivity index (χ1v) is 8.16. The molecule has 1 aromatic carbocycles. The number of ketones is 1.